The first kappa shape index (κ1) is 20.5. The zero-order valence-corrected chi connectivity index (χ0v) is 16.5. The molecule has 2 atom stereocenters. The molecule has 0 aliphatic carbocycles. The lowest BCUT2D eigenvalue weighted by Crippen LogP contribution is -2.46. The molecule has 0 N–H and O–H groups in total. The molecule has 9 heteroatoms. The van der Waals surface area contributed by atoms with Gasteiger partial charge in [-0.25, -0.2) is 13.2 Å². The molecule has 0 radical (unpaired) electrons. The maximum atomic E-state index is 12.7. The highest BCUT2D eigenvalue weighted by molar-refractivity contribution is 7.91. The number of amides is 1. The molecule has 0 spiro atoms. The van der Waals surface area contributed by atoms with Gasteiger partial charge in [0, 0.05) is 17.6 Å². The topological polar surface area (TPSA) is 90.0 Å². The number of sulfone groups is 1. The van der Waals surface area contributed by atoms with Crippen LogP contribution in [-0.2, 0) is 19.4 Å². The molecule has 0 bridgehead atoms. The molecule has 1 amide bonds. The summed E-state index contributed by atoms with van der Waals surface area (Å²) in [7, 11) is -1.71. The predicted molar refractivity (Wildman–Crippen MR) is 97.3 cm³/mol. The number of ether oxygens (including phenoxy) is 2. The van der Waals surface area contributed by atoms with Crippen LogP contribution >= 0.6 is 11.6 Å². The average molecular weight is 404 g/mol. The zero-order chi connectivity index (χ0) is 19.5. The summed E-state index contributed by atoms with van der Waals surface area (Å²) < 4.78 is 33.7. The third-order valence-corrected chi connectivity index (χ3v) is 6.27. The van der Waals surface area contributed by atoms with E-state index in [4.69, 9.17) is 21.1 Å². The normalized spacial score (nSPS) is 19.6. The number of benzene rings is 1. The molecule has 7 nitrogen and oxygen atoms in total. The molecule has 1 aliphatic heterocycles. The first-order valence-corrected chi connectivity index (χ1v) is 10.4. The van der Waals surface area contributed by atoms with Gasteiger partial charge in [0.2, 0.25) is 0 Å². The molecule has 1 fully saturated rings. The number of methoxy groups -OCH3 is 1. The smallest absolute Gasteiger partial charge is 0.342 e. The minimum absolute atomic E-state index is 0.0602. The number of carbonyl (C=O) groups excluding carboxylic acids is 2. The van der Waals surface area contributed by atoms with Gasteiger partial charge in [-0.2, -0.15) is 0 Å². The lowest BCUT2D eigenvalue weighted by atomic mass is 10.2. The van der Waals surface area contributed by atoms with E-state index in [0.717, 1.165) is 0 Å². The number of likely N-dealkylation sites (N-methyl/N-ethyl adjacent to an activating group) is 1. The van der Waals surface area contributed by atoms with E-state index in [9.17, 15) is 18.0 Å². The maximum absolute atomic E-state index is 12.7. The van der Waals surface area contributed by atoms with E-state index in [-0.39, 0.29) is 28.9 Å². The van der Waals surface area contributed by atoms with Crippen molar-refractivity contribution in [2.45, 2.75) is 32.4 Å². The standard InChI is InChI=1S/C17H22ClNO6S/c1-4-19(13-7-8-26(22,23)10-13)16(20)11(2)25-17(21)14-9-12(18)5-6-15(14)24-3/h5-6,9,11,13H,4,7-8,10H2,1-3H3/t11-,13+/m1/s1. The minimum atomic E-state index is -3.12. The Balaban J connectivity index is 2.10. The average Bonchev–Trinajstić information content (AvgIpc) is 2.94. The highest BCUT2D eigenvalue weighted by atomic mass is 35.5. The maximum Gasteiger partial charge on any atom is 0.342 e. The first-order valence-electron chi connectivity index (χ1n) is 8.24. The number of hydrogen-bond acceptors (Lipinski definition) is 6. The molecule has 26 heavy (non-hydrogen) atoms. The Labute approximate surface area is 158 Å². The second-order valence-corrected chi connectivity index (χ2v) is 8.74. The Morgan fingerprint density at radius 3 is 2.62 bits per heavy atom. The lowest BCUT2D eigenvalue weighted by molar-refractivity contribution is -0.141. The molecule has 0 unspecified atom stereocenters. The van der Waals surface area contributed by atoms with Gasteiger partial charge in [0.15, 0.2) is 15.9 Å². The van der Waals surface area contributed by atoms with Gasteiger partial charge in [0.1, 0.15) is 11.3 Å². The molecule has 2 rings (SSSR count). The molecule has 1 aliphatic rings. The van der Waals surface area contributed by atoms with Crippen LogP contribution in [0.2, 0.25) is 5.02 Å². The van der Waals surface area contributed by atoms with Crippen molar-refractivity contribution in [2.24, 2.45) is 0 Å². The van der Waals surface area contributed by atoms with Crippen molar-refractivity contribution >= 4 is 33.3 Å². The van der Waals surface area contributed by atoms with Crippen LogP contribution in [0.4, 0.5) is 0 Å². The summed E-state index contributed by atoms with van der Waals surface area (Å²) in [5.41, 5.74) is 0.117. The fourth-order valence-electron chi connectivity index (χ4n) is 2.96. The van der Waals surface area contributed by atoms with Gasteiger partial charge in [0.05, 0.1) is 18.6 Å². The van der Waals surface area contributed by atoms with Crippen LogP contribution in [0, 0.1) is 0 Å². The highest BCUT2D eigenvalue weighted by Crippen LogP contribution is 2.24. The third-order valence-electron chi connectivity index (χ3n) is 4.29. The van der Waals surface area contributed by atoms with Crippen LogP contribution in [0.3, 0.4) is 0 Å². The first-order chi connectivity index (χ1) is 12.2. The van der Waals surface area contributed by atoms with E-state index < -0.39 is 27.8 Å². The second-order valence-electron chi connectivity index (χ2n) is 6.07. The van der Waals surface area contributed by atoms with E-state index >= 15 is 0 Å². The number of carbonyl (C=O) groups is 2. The number of rotatable bonds is 6. The minimum Gasteiger partial charge on any atom is -0.496 e. The van der Waals surface area contributed by atoms with Crippen molar-refractivity contribution in [3.63, 3.8) is 0 Å². The van der Waals surface area contributed by atoms with Gasteiger partial charge < -0.3 is 14.4 Å². The summed E-state index contributed by atoms with van der Waals surface area (Å²) in [5, 5.41) is 0.336. The highest BCUT2D eigenvalue weighted by Gasteiger charge is 2.36. The van der Waals surface area contributed by atoms with Gasteiger partial charge in [-0.1, -0.05) is 11.6 Å². The molecule has 144 valence electrons. The second kappa shape index (κ2) is 8.26. The molecular formula is C17H22ClNO6S. The van der Waals surface area contributed by atoms with Crippen LogP contribution in [-0.4, -0.2) is 62.5 Å². The summed E-state index contributed by atoms with van der Waals surface area (Å²) >= 11 is 5.91. The fourth-order valence-corrected chi connectivity index (χ4v) is 4.87. The van der Waals surface area contributed by atoms with E-state index in [1.165, 1.54) is 31.1 Å². The van der Waals surface area contributed by atoms with Gasteiger partial charge in [0.25, 0.3) is 5.91 Å². The largest absolute Gasteiger partial charge is 0.496 e. The van der Waals surface area contributed by atoms with Crippen LogP contribution < -0.4 is 4.74 Å². The van der Waals surface area contributed by atoms with Crippen LogP contribution in [0.5, 0.6) is 5.75 Å². The fraction of sp³-hybridized carbons (Fsp3) is 0.529. The Hall–Kier alpha value is -1.80. The van der Waals surface area contributed by atoms with Crippen molar-refractivity contribution in [1.82, 2.24) is 4.90 Å². The van der Waals surface area contributed by atoms with Crippen LogP contribution in [0.15, 0.2) is 18.2 Å². The van der Waals surface area contributed by atoms with E-state index in [1.807, 2.05) is 0 Å². The summed E-state index contributed by atoms with van der Waals surface area (Å²) in [6, 6.07) is 4.12. The molecule has 1 aromatic carbocycles. The Morgan fingerprint density at radius 2 is 2.08 bits per heavy atom. The van der Waals surface area contributed by atoms with Gasteiger partial charge >= 0.3 is 5.97 Å². The molecule has 1 saturated heterocycles. The van der Waals surface area contributed by atoms with Crippen LogP contribution in [0.25, 0.3) is 0 Å². The third kappa shape index (κ3) is 4.67. The van der Waals surface area contributed by atoms with E-state index in [0.29, 0.717) is 18.0 Å². The summed E-state index contributed by atoms with van der Waals surface area (Å²) in [6.45, 7) is 3.56. The van der Waals surface area contributed by atoms with Crippen LogP contribution in [0.1, 0.15) is 30.6 Å². The quantitative estimate of drug-likeness (QED) is 0.674. The SMILES string of the molecule is CCN(C(=O)[C@@H](C)OC(=O)c1cc(Cl)ccc1OC)[C@H]1CCS(=O)(=O)C1. The van der Waals surface area contributed by atoms with Crippen molar-refractivity contribution in [3.8, 4) is 5.75 Å². The van der Waals surface area contributed by atoms with Crippen molar-refractivity contribution < 1.29 is 27.5 Å². The number of esters is 1. The van der Waals surface area contributed by atoms with Gasteiger partial charge in [-0.3, -0.25) is 4.79 Å². The van der Waals surface area contributed by atoms with Crippen molar-refractivity contribution in [1.29, 1.82) is 0 Å². The summed E-state index contributed by atoms with van der Waals surface area (Å²) in [5.74, 6) is -0.873. The molecule has 1 aromatic rings. The molecule has 0 saturated carbocycles. The molecule has 0 aromatic heterocycles. The summed E-state index contributed by atoms with van der Waals surface area (Å²) in [6.07, 6.45) is -0.667. The van der Waals surface area contributed by atoms with Crippen molar-refractivity contribution in [3.05, 3.63) is 28.8 Å². The Kier molecular flexibility index (Phi) is 6.52. The zero-order valence-electron chi connectivity index (χ0n) is 14.9. The van der Waals surface area contributed by atoms with Crippen molar-refractivity contribution in [2.75, 3.05) is 25.2 Å². The van der Waals surface area contributed by atoms with E-state index in [2.05, 4.69) is 0 Å². The molecule has 1 heterocycles. The Morgan fingerprint density at radius 1 is 1.38 bits per heavy atom. The lowest BCUT2D eigenvalue weighted by Gasteiger charge is -2.29. The number of halogens is 1. The van der Waals surface area contributed by atoms with Gasteiger partial charge in [-0.15, -0.1) is 0 Å². The number of hydrogen-bond donors (Lipinski definition) is 0. The Bertz CT molecular complexity index is 794. The monoisotopic (exact) mass is 403 g/mol. The summed E-state index contributed by atoms with van der Waals surface area (Å²) in [4.78, 5) is 26.5. The predicted octanol–water partition coefficient (Wildman–Crippen LogP) is 1.93. The number of nitrogens with zero attached hydrogens (tertiary/aromatic N) is 1. The van der Waals surface area contributed by atoms with E-state index in [1.54, 1.807) is 13.0 Å². The van der Waals surface area contributed by atoms with Gasteiger partial charge in [-0.05, 0) is 38.5 Å². The molecular weight excluding hydrogens is 382 g/mol.